The van der Waals surface area contributed by atoms with Crippen molar-refractivity contribution in [2.75, 3.05) is 7.11 Å². The van der Waals surface area contributed by atoms with Crippen LogP contribution in [0.2, 0.25) is 0 Å². The largest absolute Gasteiger partial charge is 0.497 e. The maximum atomic E-state index is 12.3. The molecule has 0 aromatic heterocycles. The molecule has 1 rings (SSSR count). The molecule has 1 aromatic carbocycles. The summed E-state index contributed by atoms with van der Waals surface area (Å²) in [5, 5.41) is 3.09. The van der Waals surface area contributed by atoms with Gasteiger partial charge in [0.05, 0.1) is 12.7 Å². The molecule has 0 bridgehead atoms. The topological polar surface area (TPSA) is 58.0 Å². The van der Waals surface area contributed by atoms with Gasteiger partial charge in [-0.05, 0) is 23.7 Å². The van der Waals surface area contributed by atoms with Crippen LogP contribution in [0.3, 0.4) is 0 Å². The Balaban J connectivity index is 3.29. The highest BCUT2D eigenvalue weighted by Gasteiger charge is 2.31. The van der Waals surface area contributed by atoms with Crippen LogP contribution < -0.4 is 4.74 Å². The zero-order chi connectivity index (χ0) is 11.5. The third-order valence-electron chi connectivity index (χ3n) is 1.61. The summed E-state index contributed by atoms with van der Waals surface area (Å²) in [6, 6.07) is 2.80. The standard InChI is InChI=1S/C8H6F3N3O/c1-15-7-3-5(8(9,10)11)2-6(4-7)13-14-12/h2-4H,1H3. The Kier molecular flexibility index (Phi) is 3.06. The van der Waals surface area contributed by atoms with E-state index in [9.17, 15) is 13.2 Å². The predicted molar refractivity (Wildman–Crippen MR) is 46.8 cm³/mol. The number of halogens is 3. The van der Waals surface area contributed by atoms with Crippen LogP contribution in [0.5, 0.6) is 5.75 Å². The van der Waals surface area contributed by atoms with Crippen molar-refractivity contribution in [1.82, 2.24) is 0 Å². The van der Waals surface area contributed by atoms with Crippen LogP contribution in [0.1, 0.15) is 5.56 Å². The number of azide groups is 1. The molecule has 0 spiro atoms. The number of methoxy groups -OCH3 is 1. The second-order valence-electron chi connectivity index (χ2n) is 2.61. The first-order valence-electron chi connectivity index (χ1n) is 3.78. The van der Waals surface area contributed by atoms with E-state index in [-0.39, 0.29) is 11.4 Å². The van der Waals surface area contributed by atoms with E-state index in [1.165, 1.54) is 13.2 Å². The quantitative estimate of drug-likeness (QED) is 0.423. The van der Waals surface area contributed by atoms with Gasteiger partial charge in [0.15, 0.2) is 0 Å². The summed E-state index contributed by atoms with van der Waals surface area (Å²) in [6.07, 6.45) is -4.49. The Morgan fingerprint density at radius 1 is 1.33 bits per heavy atom. The molecule has 0 fully saturated rings. The van der Waals surface area contributed by atoms with Gasteiger partial charge in [-0.2, -0.15) is 13.2 Å². The van der Waals surface area contributed by atoms with E-state index in [1.54, 1.807) is 0 Å². The number of benzene rings is 1. The van der Waals surface area contributed by atoms with Crippen LogP contribution in [0.4, 0.5) is 18.9 Å². The van der Waals surface area contributed by atoms with E-state index in [4.69, 9.17) is 5.53 Å². The van der Waals surface area contributed by atoms with Crippen molar-refractivity contribution in [2.45, 2.75) is 6.18 Å². The summed E-state index contributed by atoms with van der Waals surface area (Å²) < 4.78 is 41.7. The predicted octanol–water partition coefficient (Wildman–Crippen LogP) is 3.66. The molecule has 0 aliphatic rings. The number of hydrogen-bond donors (Lipinski definition) is 0. The number of hydrogen-bond acceptors (Lipinski definition) is 2. The molecule has 0 amide bonds. The van der Waals surface area contributed by atoms with Gasteiger partial charge in [0.2, 0.25) is 0 Å². The lowest BCUT2D eigenvalue weighted by atomic mass is 10.2. The van der Waals surface area contributed by atoms with Crippen LogP contribution in [-0.2, 0) is 6.18 Å². The molecule has 0 unspecified atom stereocenters. The average Bonchev–Trinajstić information content (AvgIpc) is 2.16. The SMILES string of the molecule is COc1cc(N=[N+]=[N-])cc(C(F)(F)F)c1. The molecule has 0 saturated carbocycles. The zero-order valence-corrected chi connectivity index (χ0v) is 7.62. The van der Waals surface area contributed by atoms with Crippen LogP contribution in [0, 0.1) is 0 Å². The first-order chi connectivity index (χ1) is 6.97. The minimum absolute atomic E-state index is 0.00720. The lowest BCUT2D eigenvalue weighted by molar-refractivity contribution is -0.137. The summed E-state index contributed by atoms with van der Waals surface area (Å²) in [4.78, 5) is 2.41. The highest BCUT2D eigenvalue weighted by atomic mass is 19.4. The molecule has 0 heterocycles. The molecule has 0 aliphatic heterocycles. The van der Waals surface area contributed by atoms with E-state index in [0.717, 1.165) is 12.1 Å². The molecular weight excluding hydrogens is 211 g/mol. The van der Waals surface area contributed by atoms with Crippen molar-refractivity contribution in [2.24, 2.45) is 5.11 Å². The molecule has 80 valence electrons. The highest BCUT2D eigenvalue weighted by molar-refractivity contribution is 5.47. The molecule has 4 nitrogen and oxygen atoms in total. The van der Waals surface area contributed by atoms with E-state index >= 15 is 0 Å². The Bertz CT molecular complexity index is 410. The molecule has 1 aromatic rings. The fourth-order valence-electron chi connectivity index (χ4n) is 0.974. The first-order valence-corrected chi connectivity index (χ1v) is 3.78. The van der Waals surface area contributed by atoms with Crippen LogP contribution in [0.15, 0.2) is 23.3 Å². The van der Waals surface area contributed by atoms with Gasteiger partial charge in [-0.25, -0.2) is 0 Å². The highest BCUT2D eigenvalue weighted by Crippen LogP contribution is 2.34. The smallest absolute Gasteiger partial charge is 0.416 e. The molecule has 0 aliphatic carbocycles. The third-order valence-corrected chi connectivity index (χ3v) is 1.61. The van der Waals surface area contributed by atoms with Crippen molar-refractivity contribution >= 4 is 5.69 Å². The molecule has 0 atom stereocenters. The fraction of sp³-hybridized carbons (Fsp3) is 0.250. The van der Waals surface area contributed by atoms with Crippen molar-refractivity contribution in [3.63, 3.8) is 0 Å². The molecular formula is C8H6F3N3O. The normalized spacial score (nSPS) is 10.7. The van der Waals surface area contributed by atoms with E-state index in [1.807, 2.05) is 0 Å². The summed E-state index contributed by atoms with van der Waals surface area (Å²) in [5.41, 5.74) is 7.07. The summed E-state index contributed by atoms with van der Waals surface area (Å²) >= 11 is 0. The van der Waals surface area contributed by atoms with Crippen LogP contribution in [0.25, 0.3) is 10.4 Å². The minimum Gasteiger partial charge on any atom is -0.497 e. The second-order valence-corrected chi connectivity index (χ2v) is 2.61. The minimum atomic E-state index is -4.49. The van der Waals surface area contributed by atoms with Gasteiger partial charge in [-0.15, -0.1) is 0 Å². The van der Waals surface area contributed by atoms with Crippen LogP contribution in [-0.4, -0.2) is 7.11 Å². The number of nitrogens with zero attached hydrogens (tertiary/aromatic N) is 3. The molecule has 0 saturated heterocycles. The monoisotopic (exact) mass is 217 g/mol. The van der Waals surface area contributed by atoms with Gasteiger partial charge < -0.3 is 4.74 Å². The zero-order valence-electron chi connectivity index (χ0n) is 7.62. The summed E-state index contributed by atoms with van der Waals surface area (Å²) in [5.74, 6) is -0.00720. The first kappa shape index (κ1) is 11.2. The van der Waals surface area contributed by atoms with Crippen molar-refractivity contribution in [3.8, 4) is 5.75 Å². The average molecular weight is 217 g/mol. The van der Waals surface area contributed by atoms with Crippen LogP contribution >= 0.6 is 0 Å². The van der Waals surface area contributed by atoms with E-state index in [0.29, 0.717) is 0 Å². The van der Waals surface area contributed by atoms with Gasteiger partial charge in [-0.3, -0.25) is 0 Å². The number of rotatable bonds is 2. The van der Waals surface area contributed by atoms with Crippen molar-refractivity contribution in [1.29, 1.82) is 0 Å². The Morgan fingerprint density at radius 3 is 2.47 bits per heavy atom. The lowest BCUT2D eigenvalue weighted by Gasteiger charge is -2.09. The fourth-order valence-corrected chi connectivity index (χ4v) is 0.974. The number of ether oxygens (including phenoxy) is 1. The second kappa shape index (κ2) is 4.10. The molecule has 15 heavy (non-hydrogen) atoms. The van der Waals surface area contributed by atoms with Gasteiger partial charge in [-0.1, -0.05) is 5.11 Å². The van der Waals surface area contributed by atoms with Gasteiger partial charge in [0, 0.05) is 10.6 Å². The molecule has 0 N–H and O–H groups in total. The Labute approximate surface area is 82.9 Å². The van der Waals surface area contributed by atoms with Crippen molar-refractivity contribution in [3.05, 3.63) is 34.2 Å². The molecule has 0 radical (unpaired) electrons. The Hall–Kier alpha value is -1.88. The third kappa shape index (κ3) is 2.78. The Morgan fingerprint density at radius 2 is 2.00 bits per heavy atom. The molecule has 7 heteroatoms. The summed E-state index contributed by atoms with van der Waals surface area (Å²) in [7, 11) is 1.23. The van der Waals surface area contributed by atoms with Gasteiger partial charge in [0.1, 0.15) is 5.75 Å². The lowest BCUT2D eigenvalue weighted by Crippen LogP contribution is -2.04. The maximum Gasteiger partial charge on any atom is 0.416 e. The van der Waals surface area contributed by atoms with Gasteiger partial charge >= 0.3 is 6.18 Å². The van der Waals surface area contributed by atoms with Gasteiger partial charge in [0.25, 0.3) is 0 Å². The maximum absolute atomic E-state index is 12.3. The number of alkyl halides is 3. The van der Waals surface area contributed by atoms with E-state index < -0.39 is 11.7 Å². The van der Waals surface area contributed by atoms with Crippen molar-refractivity contribution < 1.29 is 17.9 Å². The summed E-state index contributed by atoms with van der Waals surface area (Å²) in [6.45, 7) is 0. The van der Waals surface area contributed by atoms with E-state index in [2.05, 4.69) is 14.8 Å².